The summed E-state index contributed by atoms with van der Waals surface area (Å²) in [5.74, 6) is -0.484. The lowest BCUT2D eigenvalue weighted by molar-refractivity contribution is 0.0519. The van der Waals surface area contributed by atoms with Crippen molar-refractivity contribution in [3.05, 3.63) is 120 Å². The number of allylic oxidation sites excluding steroid dienone is 1. The molecule has 0 amide bonds. The lowest BCUT2D eigenvalue weighted by Gasteiger charge is -2.43. The molecule has 51 heavy (non-hydrogen) atoms. The number of hydrogen-bond donors (Lipinski definition) is 0. The molecule has 4 aromatic rings. The number of carbonyl (C=O) groups is 1. The maximum atomic E-state index is 14.4. The van der Waals surface area contributed by atoms with Crippen molar-refractivity contribution in [1.82, 2.24) is 9.29 Å². The molecule has 0 radical (unpaired) electrons. The van der Waals surface area contributed by atoms with Gasteiger partial charge >= 0.3 is 5.97 Å². The quantitative estimate of drug-likeness (QED) is 0.0640. The Balaban J connectivity index is 1.65. The monoisotopic (exact) mass is 721 g/mol. The molecular weight excluding hydrogens is 671 g/mol. The number of rotatable bonds is 12. The maximum Gasteiger partial charge on any atom is 0.356 e. The highest BCUT2D eigenvalue weighted by Crippen LogP contribution is 2.46. The van der Waals surface area contributed by atoms with Gasteiger partial charge in [0.2, 0.25) is 0 Å². The van der Waals surface area contributed by atoms with Gasteiger partial charge in [-0.05, 0) is 78.4 Å². The predicted octanol–water partition coefficient (Wildman–Crippen LogP) is 7.92. The molecule has 0 bridgehead atoms. The molecule has 0 saturated heterocycles. The minimum absolute atomic E-state index is 0.191. The van der Waals surface area contributed by atoms with Gasteiger partial charge in [0.1, 0.15) is 10.4 Å². The van der Waals surface area contributed by atoms with Gasteiger partial charge in [0, 0.05) is 42.4 Å². The Morgan fingerprint density at radius 2 is 1.63 bits per heavy atom. The van der Waals surface area contributed by atoms with Gasteiger partial charge in [0.15, 0.2) is 0 Å². The normalized spacial score (nSPS) is 15.9. The number of pyridine rings is 1. The molecule has 0 saturated carbocycles. The van der Waals surface area contributed by atoms with Crippen LogP contribution < -0.4 is 10.4 Å². The Morgan fingerprint density at radius 1 is 1.00 bits per heavy atom. The van der Waals surface area contributed by atoms with E-state index in [9.17, 15) is 9.35 Å². The summed E-state index contributed by atoms with van der Waals surface area (Å²) in [5, 5.41) is 2.22. The van der Waals surface area contributed by atoms with E-state index in [1.54, 1.807) is 20.2 Å². The smallest absolute Gasteiger partial charge is 0.356 e. The Morgan fingerprint density at radius 3 is 2.18 bits per heavy atom. The molecule has 9 heteroatoms. The first-order valence-electron chi connectivity index (χ1n) is 17.6. The number of ether oxygens (including phenoxy) is 1. The Hall–Kier alpha value is -3.86. The first-order chi connectivity index (χ1) is 24.2. The summed E-state index contributed by atoms with van der Waals surface area (Å²) in [6, 6.07) is 30.7. The predicted molar refractivity (Wildman–Crippen MR) is 213 cm³/mol. The van der Waals surface area contributed by atoms with Crippen LogP contribution in [0.3, 0.4) is 0 Å². The van der Waals surface area contributed by atoms with Crippen molar-refractivity contribution in [2.45, 2.75) is 77.3 Å². The van der Waals surface area contributed by atoms with Crippen LogP contribution in [0.25, 0.3) is 16.8 Å². The van der Waals surface area contributed by atoms with Crippen LogP contribution in [0, 0.1) is 0 Å². The van der Waals surface area contributed by atoms with E-state index in [1.165, 1.54) is 10.4 Å². The minimum atomic E-state index is -2.83. The molecule has 2 atom stereocenters. The van der Waals surface area contributed by atoms with Crippen molar-refractivity contribution in [1.29, 1.82) is 0 Å². The van der Waals surface area contributed by atoms with Gasteiger partial charge in [-0.3, -0.25) is 4.99 Å². The number of fused-ring (bicyclic) bond motifs is 1. The molecule has 0 fully saturated rings. The van der Waals surface area contributed by atoms with Crippen LogP contribution in [0.2, 0.25) is 5.04 Å². The van der Waals surface area contributed by atoms with Gasteiger partial charge in [-0.25, -0.2) is 9.78 Å². The number of hydrogen-bond acceptors (Lipinski definition) is 7. The molecule has 7 nitrogen and oxygen atoms in total. The number of aromatic nitrogens is 1. The summed E-state index contributed by atoms with van der Waals surface area (Å²) in [5.41, 5.74) is 5.27. The summed E-state index contributed by atoms with van der Waals surface area (Å²) >= 11 is -1.37. The molecule has 1 aromatic heterocycles. The summed E-state index contributed by atoms with van der Waals surface area (Å²) in [7, 11) is -1.11. The summed E-state index contributed by atoms with van der Waals surface area (Å²) < 4.78 is 28.7. The maximum absolute atomic E-state index is 14.4. The molecule has 3 aromatic carbocycles. The van der Waals surface area contributed by atoms with Crippen molar-refractivity contribution in [3.8, 4) is 11.3 Å². The second-order valence-electron chi connectivity index (χ2n) is 14.9. The highest BCUT2D eigenvalue weighted by Gasteiger charge is 2.51. The van der Waals surface area contributed by atoms with E-state index in [1.807, 2.05) is 63.2 Å². The van der Waals surface area contributed by atoms with Crippen LogP contribution in [0.1, 0.15) is 88.1 Å². The van der Waals surface area contributed by atoms with E-state index in [0.717, 1.165) is 27.8 Å². The van der Waals surface area contributed by atoms with Crippen LogP contribution in [0.15, 0.2) is 103 Å². The average Bonchev–Trinajstić information content (AvgIpc) is 3.47. The third-order valence-electron chi connectivity index (χ3n) is 9.29. The van der Waals surface area contributed by atoms with E-state index in [0.29, 0.717) is 25.3 Å². The van der Waals surface area contributed by atoms with E-state index in [-0.39, 0.29) is 23.4 Å². The molecule has 0 aliphatic carbocycles. The fraction of sp³-hybridized carbons (Fsp3) is 0.357. The molecule has 5 rings (SSSR count). The van der Waals surface area contributed by atoms with Crippen LogP contribution >= 0.6 is 0 Å². The summed E-state index contributed by atoms with van der Waals surface area (Å²) in [6.07, 6.45) is 2.30. The lowest BCUT2D eigenvalue weighted by atomic mass is 9.94. The zero-order valence-electron chi connectivity index (χ0n) is 31.2. The Kier molecular flexibility index (Phi) is 11.9. The van der Waals surface area contributed by atoms with Gasteiger partial charge in [0.05, 0.1) is 24.9 Å². The third kappa shape index (κ3) is 7.98. The first kappa shape index (κ1) is 38.4. The minimum Gasteiger partial charge on any atom is -0.597 e. The topological polar surface area (TPSA) is 87.1 Å². The molecule has 0 spiro atoms. The number of carbonyl (C=O) groups excluding carboxylic acids is 1. The standard InChI is InChI=1S/C42H51N3O4SSi/c1-10-48-40(46)36-27-33-29-45(50(47)41(3,4)5)37(38(33)39(44-36)32-19-17-18-31(26-32)30(2)28-43-9)24-25-49-51(42(6,7)8,34-20-13-11-14-21-34)35-22-15-12-16-23-35/h11-23,26-28,37H,2,10,24-25,29H2,1,3-9H3/b43-28-/t37-,50-/m1/s1. The number of aliphatic imine (C=N–C) groups is 1. The molecule has 1 aliphatic rings. The SMILES string of the molecule is C=C(/C=N\C)c1cccc(-c2nc(C(=O)OCC)cc3c2[C@@H](CCO[Si](c2ccccc2)(c2ccccc2)C(C)(C)C)N([S@+]([O-])C(C)(C)C)C3)c1. The van der Waals surface area contributed by atoms with Gasteiger partial charge < -0.3 is 13.7 Å². The largest absolute Gasteiger partial charge is 0.597 e. The summed E-state index contributed by atoms with van der Waals surface area (Å²) in [6.45, 7) is 19.9. The zero-order chi connectivity index (χ0) is 37.0. The highest BCUT2D eigenvalue weighted by atomic mass is 32.2. The molecule has 0 unspecified atom stereocenters. The molecular formula is C42H51N3O4SSi. The number of esters is 1. The molecule has 268 valence electrons. The van der Waals surface area contributed by atoms with Crippen LogP contribution in [0.5, 0.6) is 0 Å². The molecule has 1 aliphatic heterocycles. The molecule has 0 N–H and O–H groups in total. The second kappa shape index (κ2) is 15.8. The van der Waals surface area contributed by atoms with Crippen molar-refractivity contribution in [3.63, 3.8) is 0 Å². The van der Waals surface area contributed by atoms with E-state index < -0.39 is 30.4 Å². The Labute approximate surface area is 308 Å². The lowest BCUT2D eigenvalue weighted by Crippen LogP contribution is -2.66. The zero-order valence-corrected chi connectivity index (χ0v) is 33.0. The number of nitrogens with zero attached hydrogens (tertiary/aromatic N) is 3. The highest BCUT2D eigenvalue weighted by molar-refractivity contribution is 7.90. The molecule has 2 heterocycles. The fourth-order valence-corrected chi connectivity index (χ4v) is 13.0. The number of benzene rings is 3. The van der Waals surface area contributed by atoms with E-state index in [2.05, 4.69) is 85.2 Å². The van der Waals surface area contributed by atoms with E-state index in [4.69, 9.17) is 14.1 Å². The average molecular weight is 722 g/mol. The Bertz CT molecular complexity index is 1830. The van der Waals surface area contributed by atoms with Crippen LogP contribution in [0.4, 0.5) is 0 Å². The van der Waals surface area contributed by atoms with Crippen molar-refractivity contribution in [2.24, 2.45) is 4.99 Å². The van der Waals surface area contributed by atoms with Crippen molar-refractivity contribution < 1.29 is 18.5 Å². The van der Waals surface area contributed by atoms with Crippen molar-refractivity contribution in [2.75, 3.05) is 20.3 Å². The van der Waals surface area contributed by atoms with E-state index >= 15 is 0 Å². The summed E-state index contributed by atoms with van der Waals surface area (Å²) in [4.78, 5) is 22.3. The van der Waals surface area contributed by atoms with Gasteiger partial charge in [0.25, 0.3) is 8.32 Å². The van der Waals surface area contributed by atoms with Crippen LogP contribution in [-0.2, 0) is 27.1 Å². The third-order valence-corrected chi connectivity index (χ3v) is 16.2. The van der Waals surface area contributed by atoms with Gasteiger partial charge in [-0.15, -0.1) is 4.31 Å². The van der Waals surface area contributed by atoms with Gasteiger partial charge in [-0.1, -0.05) is 106 Å². The van der Waals surface area contributed by atoms with Crippen molar-refractivity contribution >= 4 is 47.8 Å². The van der Waals surface area contributed by atoms with Gasteiger partial charge in [-0.2, -0.15) is 0 Å². The second-order valence-corrected chi connectivity index (χ2v) is 21.4. The fourth-order valence-electron chi connectivity index (χ4n) is 7.06. The van der Waals surface area contributed by atoms with Crippen LogP contribution in [-0.4, -0.2) is 59.4 Å². The first-order valence-corrected chi connectivity index (χ1v) is 20.6.